The lowest BCUT2D eigenvalue weighted by atomic mass is 9.78. The molecule has 4 atom stereocenters. The average Bonchev–Trinajstić information content (AvgIpc) is 3.53. The topological polar surface area (TPSA) is 63.4 Å². The van der Waals surface area contributed by atoms with E-state index in [1.807, 2.05) is 42.1 Å². The van der Waals surface area contributed by atoms with Crippen LogP contribution >= 0.6 is 0 Å². The third-order valence-electron chi connectivity index (χ3n) is 7.55. The van der Waals surface area contributed by atoms with Gasteiger partial charge in [-0.2, -0.15) is 0 Å². The molecule has 2 aromatic heterocycles. The lowest BCUT2D eigenvalue weighted by molar-refractivity contribution is -0.0229. The Bertz CT molecular complexity index is 1130. The molecule has 1 aromatic carbocycles. The Labute approximate surface area is 188 Å². The van der Waals surface area contributed by atoms with E-state index in [1.54, 1.807) is 6.20 Å². The van der Waals surface area contributed by atoms with Crippen LogP contribution < -0.4 is 9.64 Å². The zero-order chi connectivity index (χ0) is 21.7. The maximum Gasteiger partial charge on any atom is 0.143 e. The molecule has 6 rings (SSSR count). The summed E-state index contributed by atoms with van der Waals surface area (Å²) in [7, 11) is 1.99. The average molecular weight is 431 g/mol. The zero-order valence-corrected chi connectivity index (χ0v) is 18.5. The van der Waals surface area contributed by atoms with Crippen molar-refractivity contribution in [2.75, 3.05) is 18.0 Å². The van der Waals surface area contributed by atoms with E-state index in [1.165, 1.54) is 24.1 Å². The smallest absolute Gasteiger partial charge is 0.143 e. The molecule has 0 bridgehead atoms. The number of anilines is 1. The van der Waals surface area contributed by atoms with E-state index < -0.39 is 6.10 Å². The van der Waals surface area contributed by atoms with E-state index in [0.717, 1.165) is 55.3 Å². The number of aryl methyl sites for hydroxylation is 3. The van der Waals surface area contributed by atoms with Crippen LogP contribution in [0.5, 0.6) is 5.75 Å². The van der Waals surface area contributed by atoms with E-state index in [2.05, 4.69) is 22.0 Å². The quantitative estimate of drug-likeness (QED) is 0.685. The first-order valence-corrected chi connectivity index (χ1v) is 11.8. The fourth-order valence-corrected chi connectivity index (χ4v) is 5.83. The first kappa shape index (κ1) is 19.8. The zero-order valence-electron chi connectivity index (χ0n) is 18.5. The van der Waals surface area contributed by atoms with Crippen molar-refractivity contribution in [1.82, 2.24) is 14.5 Å². The van der Waals surface area contributed by atoms with Crippen molar-refractivity contribution in [1.29, 1.82) is 0 Å². The highest BCUT2D eigenvalue weighted by molar-refractivity contribution is 5.64. The van der Waals surface area contributed by atoms with Crippen molar-refractivity contribution in [2.24, 2.45) is 18.9 Å². The largest absolute Gasteiger partial charge is 0.487 e. The summed E-state index contributed by atoms with van der Waals surface area (Å²) in [6, 6.07) is 12.5. The Hall–Kier alpha value is -2.86. The number of aromatic nitrogens is 3. The summed E-state index contributed by atoms with van der Waals surface area (Å²) in [6.45, 7) is 1.97. The van der Waals surface area contributed by atoms with Crippen molar-refractivity contribution in [2.45, 2.75) is 44.3 Å². The highest BCUT2D eigenvalue weighted by Crippen LogP contribution is 2.40. The second-order valence-corrected chi connectivity index (χ2v) is 9.61. The van der Waals surface area contributed by atoms with Crippen molar-refractivity contribution >= 4 is 5.82 Å². The van der Waals surface area contributed by atoms with Crippen LogP contribution in [-0.4, -0.2) is 44.9 Å². The van der Waals surface area contributed by atoms with Crippen molar-refractivity contribution < 1.29 is 9.84 Å². The molecule has 3 aromatic rings. The lowest BCUT2D eigenvalue weighted by Gasteiger charge is -2.35. The number of hydrogen-bond acceptors (Lipinski definition) is 5. The molecule has 6 heteroatoms. The number of aliphatic hydroxyl groups excluding tert-OH is 1. The van der Waals surface area contributed by atoms with Crippen LogP contribution in [0.25, 0.3) is 11.4 Å². The molecule has 1 saturated heterocycles. The van der Waals surface area contributed by atoms with Crippen LogP contribution in [0.2, 0.25) is 0 Å². The van der Waals surface area contributed by atoms with E-state index >= 15 is 0 Å². The van der Waals surface area contributed by atoms with Crippen LogP contribution in [0.15, 0.2) is 48.8 Å². The first-order valence-electron chi connectivity index (χ1n) is 11.8. The predicted octanol–water partition coefficient (Wildman–Crippen LogP) is 3.63. The number of fused-ring (bicyclic) bond motifs is 2. The van der Waals surface area contributed by atoms with Crippen molar-refractivity contribution in [3.8, 4) is 17.1 Å². The molecular weight excluding hydrogens is 400 g/mol. The standard InChI is InChI=1S/C26H30N4O2/c1-29-12-11-27-26(29)20-6-2-3-8-23(20)32-24-14-19-16-30(15-18(19)13-22(24)31)25-10-9-17-5-4-7-21(17)28-25/h2-3,6,8-12,18-19,22,24,31H,4-5,7,13-16H2,1H3/t18-,19+,22+,24+/m0/s1. The van der Waals surface area contributed by atoms with Gasteiger partial charge in [0.25, 0.3) is 0 Å². The van der Waals surface area contributed by atoms with Gasteiger partial charge in [0.05, 0.1) is 11.7 Å². The maximum atomic E-state index is 11.0. The fourth-order valence-electron chi connectivity index (χ4n) is 5.83. The maximum absolute atomic E-state index is 11.0. The lowest BCUT2D eigenvalue weighted by Crippen LogP contribution is -2.42. The minimum Gasteiger partial charge on any atom is -0.487 e. The molecule has 0 amide bonds. The molecule has 6 nitrogen and oxygen atoms in total. The van der Waals surface area contributed by atoms with Gasteiger partial charge in [-0.15, -0.1) is 0 Å². The van der Waals surface area contributed by atoms with Crippen molar-refractivity contribution in [3.05, 3.63) is 60.0 Å². The van der Waals surface area contributed by atoms with E-state index in [-0.39, 0.29) is 6.10 Å². The predicted molar refractivity (Wildman–Crippen MR) is 124 cm³/mol. The Morgan fingerprint density at radius 2 is 1.88 bits per heavy atom. The number of para-hydroxylation sites is 1. The fraction of sp³-hybridized carbons (Fsp3) is 0.462. The summed E-state index contributed by atoms with van der Waals surface area (Å²) in [6.07, 6.45) is 8.21. The van der Waals surface area contributed by atoms with Crippen molar-refractivity contribution in [3.63, 3.8) is 0 Å². The molecule has 1 N–H and O–H groups in total. The number of imidazole rings is 1. The minimum atomic E-state index is -0.460. The summed E-state index contributed by atoms with van der Waals surface area (Å²) < 4.78 is 8.44. The Morgan fingerprint density at radius 3 is 2.72 bits per heavy atom. The third-order valence-corrected chi connectivity index (χ3v) is 7.55. The summed E-state index contributed by atoms with van der Waals surface area (Å²) in [5, 5.41) is 11.0. The molecule has 0 radical (unpaired) electrons. The van der Waals surface area contributed by atoms with Gasteiger partial charge < -0.3 is 19.3 Å². The van der Waals surface area contributed by atoms with Gasteiger partial charge in [-0.05, 0) is 67.7 Å². The molecule has 0 unspecified atom stereocenters. The number of hydrogen-bond donors (Lipinski definition) is 1. The molecule has 32 heavy (non-hydrogen) atoms. The SMILES string of the molecule is Cn1ccnc1-c1ccccc1O[C@@H]1C[C@@H]2CN(c3ccc4c(n3)CCC4)C[C@@H]2C[C@H]1O. The van der Waals surface area contributed by atoms with Gasteiger partial charge >= 0.3 is 0 Å². The number of rotatable bonds is 4. The van der Waals surface area contributed by atoms with E-state index in [0.29, 0.717) is 11.8 Å². The number of ether oxygens (including phenoxy) is 1. The number of benzene rings is 1. The first-order chi connectivity index (χ1) is 15.7. The molecule has 3 aliphatic rings. The summed E-state index contributed by atoms with van der Waals surface area (Å²) >= 11 is 0. The third kappa shape index (κ3) is 3.47. The Morgan fingerprint density at radius 1 is 1.03 bits per heavy atom. The van der Waals surface area contributed by atoms with Gasteiger partial charge in [0.1, 0.15) is 23.5 Å². The second kappa shape index (κ2) is 7.93. The van der Waals surface area contributed by atoms with E-state index in [9.17, 15) is 5.11 Å². The normalized spacial score (nSPS) is 26.8. The van der Waals surface area contributed by atoms with Gasteiger partial charge in [-0.3, -0.25) is 0 Å². The minimum absolute atomic E-state index is 0.203. The highest BCUT2D eigenvalue weighted by atomic mass is 16.5. The molecule has 166 valence electrons. The van der Waals surface area contributed by atoms with E-state index in [4.69, 9.17) is 9.72 Å². The monoisotopic (exact) mass is 430 g/mol. The molecule has 2 fully saturated rings. The summed E-state index contributed by atoms with van der Waals surface area (Å²) in [4.78, 5) is 11.9. The summed E-state index contributed by atoms with van der Waals surface area (Å²) in [5.41, 5.74) is 3.66. The van der Waals surface area contributed by atoms with Gasteiger partial charge in [0.2, 0.25) is 0 Å². The Balaban J connectivity index is 1.19. The Kier molecular flexibility index (Phi) is 4.90. The number of pyridine rings is 1. The second-order valence-electron chi connectivity index (χ2n) is 9.61. The van der Waals surface area contributed by atoms with Gasteiger partial charge in [-0.1, -0.05) is 18.2 Å². The molecule has 1 aliphatic heterocycles. The molecule has 2 aliphatic carbocycles. The molecule has 3 heterocycles. The van der Waals surface area contributed by atoms with Crippen LogP contribution in [0.1, 0.15) is 30.5 Å². The summed E-state index contributed by atoms with van der Waals surface area (Å²) in [5.74, 6) is 3.77. The van der Waals surface area contributed by atoms with Gasteiger partial charge in [0, 0.05) is 38.2 Å². The number of nitrogens with zero attached hydrogens (tertiary/aromatic N) is 4. The van der Waals surface area contributed by atoms with Crippen LogP contribution in [-0.2, 0) is 19.9 Å². The van der Waals surface area contributed by atoms with Gasteiger partial charge in [0.15, 0.2) is 0 Å². The highest BCUT2D eigenvalue weighted by Gasteiger charge is 2.43. The molecular formula is C26H30N4O2. The van der Waals surface area contributed by atoms with Crippen LogP contribution in [0.4, 0.5) is 5.82 Å². The van der Waals surface area contributed by atoms with Crippen LogP contribution in [0, 0.1) is 11.8 Å². The number of aliphatic hydroxyl groups is 1. The van der Waals surface area contributed by atoms with Crippen LogP contribution in [0.3, 0.4) is 0 Å². The molecule has 1 saturated carbocycles. The van der Waals surface area contributed by atoms with Gasteiger partial charge in [-0.25, -0.2) is 9.97 Å². The molecule has 0 spiro atoms.